The Balaban J connectivity index is 1.68. The molecule has 2 unspecified atom stereocenters. The van der Waals surface area contributed by atoms with Crippen molar-refractivity contribution >= 4 is 35.7 Å². The lowest BCUT2D eigenvalue weighted by molar-refractivity contribution is 0.166. The van der Waals surface area contributed by atoms with E-state index >= 15 is 0 Å². The van der Waals surface area contributed by atoms with Crippen molar-refractivity contribution in [3.8, 4) is 0 Å². The van der Waals surface area contributed by atoms with E-state index in [1.807, 2.05) is 31.2 Å². The second kappa shape index (κ2) is 7.55. The number of piperidine rings is 1. The van der Waals surface area contributed by atoms with Gasteiger partial charge in [0.25, 0.3) is 0 Å². The van der Waals surface area contributed by atoms with E-state index in [2.05, 4.69) is 38.0 Å². The highest BCUT2D eigenvalue weighted by molar-refractivity contribution is 7.98. The fourth-order valence-electron chi connectivity index (χ4n) is 2.98. The van der Waals surface area contributed by atoms with Crippen LogP contribution in [0.5, 0.6) is 0 Å². The van der Waals surface area contributed by atoms with Gasteiger partial charge in [-0.15, -0.1) is 0 Å². The monoisotopic (exact) mass is 351 g/mol. The third-order valence-corrected chi connectivity index (χ3v) is 5.11. The fourth-order valence-corrected chi connectivity index (χ4v) is 3.94. The molecule has 7 heteroatoms. The molecule has 0 saturated carbocycles. The Hall–Kier alpha value is -1.24. The Kier molecular flexibility index (Phi) is 5.46. The van der Waals surface area contributed by atoms with Crippen LogP contribution in [0.3, 0.4) is 0 Å². The molecule has 5 nitrogen and oxygen atoms in total. The van der Waals surface area contributed by atoms with E-state index in [9.17, 15) is 0 Å². The maximum atomic E-state index is 6.04. The molecule has 1 aromatic carbocycles. The van der Waals surface area contributed by atoms with Gasteiger partial charge in [-0.1, -0.05) is 17.7 Å². The van der Waals surface area contributed by atoms with E-state index in [0.717, 1.165) is 41.9 Å². The first-order chi connectivity index (χ1) is 11.2. The van der Waals surface area contributed by atoms with E-state index in [1.54, 1.807) is 0 Å². The number of likely N-dealkylation sites (tertiary alicyclic amines) is 1. The van der Waals surface area contributed by atoms with Crippen molar-refractivity contribution < 1.29 is 0 Å². The highest BCUT2D eigenvalue weighted by Gasteiger charge is 2.37. The molecule has 0 radical (unpaired) electrons. The molecule has 1 fully saturated rings. The number of nitrogens with one attached hydrogen (secondary N) is 1. The quantitative estimate of drug-likeness (QED) is 0.516. The summed E-state index contributed by atoms with van der Waals surface area (Å²) in [5.41, 5.74) is 0. The number of halogens is 1. The van der Waals surface area contributed by atoms with E-state index in [4.69, 9.17) is 11.6 Å². The Labute approximate surface area is 146 Å². The summed E-state index contributed by atoms with van der Waals surface area (Å²) in [7, 11) is 2.17. The van der Waals surface area contributed by atoms with Gasteiger partial charge in [0.1, 0.15) is 0 Å². The number of fused-ring (bicyclic) bond motifs is 1. The lowest BCUT2D eigenvalue weighted by Gasteiger charge is -2.35. The van der Waals surface area contributed by atoms with Crippen LogP contribution in [0.1, 0.15) is 13.3 Å². The molecule has 0 spiro atoms. The maximum absolute atomic E-state index is 6.04. The summed E-state index contributed by atoms with van der Waals surface area (Å²) in [6, 6.07) is 8.20. The minimum Gasteiger partial charge on any atom is -0.306 e. The van der Waals surface area contributed by atoms with Gasteiger partial charge in [0.2, 0.25) is 5.96 Å². The van der Waals surface area contributed by atoms with Gasteiger partial charge in [-0.25, -0.2) is 5.01 Å². The number of aliphatic imine (C=N–C) groups is 1. The highest BCUT2D eigenvalue weighted by atomic mass is 35.5. The predicted octanol–water partition coefficient (Wildman–Crippen LogP) is 2.93. The van der Waals surface area contributed by atoms with Crippen LogP contribution < -0.4 is 4.72 Å². The van der Waals surface area contributed by atoms with Crippen LogP contribution in [0.2, 0.25) is 5.02 Å². The minimum absolute atomic E-state index is 0.406. The second-order valence-electron chi connectivity index (χ2n) is 5.85. The molecule has 2 atom stereocenters. The largest absolute Gasteiger partial charge is 0.306 e. The standard InChI is InChI=1S/C16H22ClN5S/c1-3-18-16(20-23-14-6-4-5-13(17)9-14)22-15-7-8-21(2)11-12(15)10-19-22/h4-6,9-10,12,15H,3,7-8,11H2,1-2H3,(H,18,20). The van der Waals surface area contributed by atoms with E-state index in [1.165, 1.54) is 11.9 Å². The number of guanidine groups is 1. The van der Waals surface area contributed by atoms with Gasteiger partial charge >= 0.3 is 0 Å². The van der Waals surface area contributed by atoms with E-state index < -0.39 is 0 Å². The van der Waals surface area contributed by atoms with Gasteiger partial charge in [0.15, 0.2) is 0 Å². The summed E-state index contributed by atoms with van der Waals surface area (Å²) in [5.74, 6) is 1.31. The molecule has 1 N–H and O–H groups in total. The number of benzene rings is 1. The summed E-state index contributed by atoms with van der Waals surface area (Å²) in [6.45, 7) is 4.92. The van der Waals surface area contributed by atoms with Crippen molar-refractivity contribution in [3.05, 3.63) is 29.3 Å². The maximum Gasteiger partial charge on any atom is 0.225 e. The van der Waals surface area contributed by atoms with Gasteiger partial charge in [-0.2, -0.15) is 5.10 Å². The number of hydrogen-bond donors (Lipinski definition) is 1. The van der Waals surface area contributed by atoms with Crippen LogP contribution in [-0.2, 0) is 0 Å². The molecule has 2 heterocycles. The lowest BCUT2D eigenvalue weighted by Crippen LogP contribution is -2.49. The molecule has 23 heavy (non-hydrogen) atoms. The molecule has 124 valence electrons. The Morgan fingerprint density at radius 1 is 1.52 bits per heavy atom. The summed E-state index contributed by atoms with van der Waals surface area (Å²) in [4.78, 5) is 8.03. The highest BCUT2D eigenvalue weighted by Crippen LogP contribution is 2.27. The minimum atomic E-state index is 0.406. The van der Waals surface area contributed by atoms with Crippen molar-refractivity contribution in [3.63, 3.8) is 0 Å². The molecular formula is C16H22ClN5S. The second-order valence-corrected chi connectivity index (χ2v) is 7.17. The normalized spacial score (nSPS) is 24.8. The summed E-state index contributed by atoms with van der Waals surface area (Å²) in [5, 5.41) is 7.40. The molecular weight excluding hydrogens is 330 g/mol. The summed E-state index contributed by atoms with van der Waals surface area (Å²) >= 11 is 7.56. The van der Waals surface area contributed by atoms with Crippen molar-refractivity contribution in [2.45, 2.75) is 24.3 Å². The average molecular weight is 352 g/mol. The van der Waals surface area contributed by atoms with Crippen LogP contribution in [0.4, 0.5) is 0 Å². The van der Waals surface area contributed by atoms with Crippen molar-refractivity contribution in [1.82, 2.24) is 14.6 Å². The Bertz CT molecular complexity index is 606. The molecule has 1 aromatic rings. The predicted molar refractivity (Wildman–Crippen MR) is 98.1 cm³/mol. The first kappa shape index (κ1) is 16.6. The molecule has 0 aliphatic carbocycles. The Morgan fingerprint density at radius 3 is 3.17 bits per heavy atom. The zero-order chi connectivity index (χ0) is 16.2. The third kappa shape index (κ3) is 4.00. The molecule has 0 aromatic heterocycles. The Morgan fingerprint density at radius 2 is 2.39 bits per heavy atom. The van der Waals surface area contributed by atoms with Crippen molar-refractivity contribution in [2.75, 3.05) is 26.7 Å². The van der Waals surface area contributed by atoms with E-state index in [-0.39, 0.29) is 0 Å². The third-order valence-electron chi connectivity index (χ3n) is 4.10. The number of nitrogens with zero attached hydrogens (tertiary/aromatic N) is 4. The topological polar surface area (TPSA) is 43.2 Å². The SMILES string of the molecule is CCN=C(NSc1cccc(Cl)c1)N1N=CC2CN(C)CCC21. The van der Waals surface area contributed by atoms with Crippen LogP contribution in [0.25, 0.3) is 0 Å². The van der Waals surface area contributed by atoms with Gasteiger partial charge in [-0.3, -0.25) is 9.71 Å². The van der Waals surface area contributed by atoms with Crippen LogP contribution in [-0.4, -0.2) is 54.8 Å². The van der Waals surface area contributed by atoms with Gasteiger partial charge < -0.3 is 4.90 Å². The van der Waals surface area contributed by atoms with Crippen LogP contribution in [0, 0.1) is 5.92 Å². The number of hydrogen-bond acceptors (Lipinski definition) is 4. The van der Waals surface area contributed by atoms with E-state index in [0.29, 0.717) is 12.0 Å². The first-order valence-corrected chi connectivity index (χ1v) is 9.11. The van der Waals surface area contributed by atoms with Crippen LogP contribution >= 0.6 is 23.5 Å². The molecule has 3 rings (SSSR count). The summed E-state index contributed by atoms with van der Waals surface area (Å²) in [6.07, 6.45) is 3.17. The van der Waals surface area contributed by atoms with Crippen LogP contribution in [0.15, 0.2) is 39.3 Å². The zero-order valence-electron chi connectivity index (χ0n) is 13.4. The van der Waals surface area contributed by atoms with Crippen molar-refractivity contribution in [1.29, 1.82) is 0 Å². The molecule has 0 amide bonds. The van der Waals surface area contributed by atoms with Crippen molar-refractivity contribution in [2.24, 2.45) is 16.0 Å². The summed E-state index contributed by atoms with van der Waals surface area (Å²) < 4.78 is 3.36. The smallest absolute Gasteiger partial charge is 0.225 e. The van der Waals surface area contributed by atoms with Gasteiger partial charge in [0.05, 0.1) is 6.04 Å². The fraction of sp³-hybridized carbons (Fsp3) is 0.500. The molecule has 1 saturated heterocycles. The molecule has 2 aliphatic heterocycles. The average Bonchev–Trinajstić information content (AvgIpc) is 2.94. The van der Waals surface area contributed by atoms with Gasteiger partial charge in [-0.05, 0) is 57.1 Å². The number of hydrazone groups is 1. The zero-order valence-corrected chi connectivity index (χ0v) is 15.0. The molecule has 2 aliphatic rings. The lowest BCUT2D eigenvalue weighted by atomic mass is 9.94. The first-order valence-electron chi connectivity index (χ1n) is 7.92. The van der Waals surface area contributed by atoms with Gasteiger partial charge in [0, 0.05) is 35.1 Å². The number of rotatable bonds is 3. The molecule has 0 bridgehead atoms.